The molecule has 0 saturated carbocycles. The second-order valence-corrected chi connectivity index (χ2v) is 6.15. The van der Waals surface area contributed by atoms with Crippen molar-refractivity contribution in [3.63, 3.8) is 0 Å². The van der Waals surface area contributed by atoms with E-state index in [1.165, 1.54) is 19.3 Å². The molecule has 4 nitrogen and oxygen atoms in total. The number of aromatic amines is 1. The summed E-state index contributed by atoms with van der Waals surface area (Å²) >= 11 is 0. The maximum Gasteiger partial charge on any atom is 0.143 e. The van der Waals surface area contributed by atoms with E-state index in [9.17, 15) is 4.39 Å². The molecular formula is C18H19FN4. The molecular weight excluding hydrogens is 291 g/mol. The van der Waals surface area contributed by atoms with Gasteiger partial charge < -0.3 is 9.88 Å². The van der Waals surface area contributed by atoms with Crippen LogP contribution < -0.4 is 4.90 Å². The lowest BCUT2D eigenvalue weighted by atomic mass is 10.1. The number of hydrogen-bond acceptors (Lipinski definition) is 3. The van der Waals surface area contributed by atoms with Gasteiger partial charge in [0.15, 0.2) is 0 Å². The number of fused-ring (bicyclic) bond motifs is 1. The zero-order valence-electron chi connectivity index (χ0n) is 13.1. The average Bonchev–Trinajstić information content (AvgIpc) is 3.02. The van der Waals surface area contributed by atoms with E-state index in [0.717, 1.165) is 41.2 Å². The zero-order valence-corrected chi connectivity index (χ0v) is 13.1. The summed E-state index contributed by atoms with van der Waals surface area (Å²) in [5, 5.41) is 1.00. The lowest BCUT2D eigenvalue weighted by Gasteiger charge is -2.27. The van der Waals surface area contributed by atoms with Gasteiger partial charge >= 0.3 is 0 Å². The van der Waals surface area contributed by atoms with Gasteiger partial charge in [-0.1, -0.05) is 12.1 Å². The zero-order chi connectivity index (χ0) is 15.8. The van der Waals surface area contributed by atoms with E-state index in [4.69, 9.17) is 0 Å². The number of aryl methyl sites for hydroxylation is 1. The summed E-state index contributed by atoms with van der Waals surface area (Å²) in [6, 6.07) is 7.32. The van der Waals surface area contributed by atoms with E-state index in [1.54, 1.807) is 25.4 Å². The largest absolute Gasteiger partial charge is 0.356 e. The molecule has 118 valence electrons. The van der Waals surface area contributed by atoms with E-state index in [0.29, 0.717) is 5.56 Å². The summed E-state index contributed by atoms with van der Waals surface area (Å²) in [5.41, 5.74) is 3.16. The van der Waals surface area contributed by atoms with E-state index < -0.39 is 0 Å². The highest BCUT2D eigenvalue weighted by Gasteiger charge is 2.17. The first-order chi connectivity index (χ1) is 11.2. The number of benzene rings is 1. The lowest BCUT2D eigenvalue weighted by Crippen LogP contribution is -2.30. The predicted octanol–water partition coefficient (Wildman–Crippen LogP) is 4.06. The highest BCUT2D eigenvalue weighted by atomic mass is 19.1. The van der Waals surface area contributed by atoms with Crippen molar-refractivity contribution in [1.82, 2.24) is 15.0 Å². The van der Waals surface area contributed by atoms with Crippen molar-refractivity contribution in [2.75, 3.05) is 18.0 Å². The Hall–Kier alpha value is -2.43. The number of nitrogens with zero attached hydrogens (tertiary/aromatic N) is 3. The molecule has 1 aromatic carbocycles. The number of H-pyrrole nitrogens is 1. The maximum atomic E-state index is 13.8. The summed E-state index contributed by atoms with van der Waals surface area (Å²) in [4.78, 5) is 14.4. The minimum atomic E-state index is -0.191. The molecule has 3 aromatic rings. The van der Waals surface area contributed by atoms with E-state index in [1.807, 2.05) is 12.1 Å². The molecule has 2 aromatic heterocycles. The quantitative estimate of drug-likeness (QED) is 0.776. The van der Waals surface area contributed by atoms with Gasteiger partial charge in [-0.25, -0.2) is 14.4 Å². The van der Waals surface area contributed by atoms with Crippen molar-refractivity contribution in [2.24, 2.45) is 0 Å². The number of anilines is 1. The number of rotatable bonds is 2. The van der Waals surface area contributed by atoms with E-state index >= 15 is 0 Å². The molecule has 1 aliphatic heterocycles. The molecule has 0 amide bonds. The van der Waals surface area contributed by atoms with Crippen LogP contribution in [0.25, 0.3) is 22.3 Å². The molecule has 0 spiro atoms. The van der Waals surface area contributed by atoms with Crippen LogP contribution in [-0.2, 0) is 0 Å². The summed E-state index contributed by atoms with van der Waals surface area (Å²) in [7, 11) is 0. The van der Waals surface area contributed by atoms with Crippen molar-refractivity contribution >= 4 is 16.9 Å². The minimum absolute atomic E-state index is 0.191. The molecule has 0 aliphatic carbocycles. The van der Waals surface area contributed by atoms with Crippen LogP contribution in [0.1, 0.15) is 24.8 Å². The Morgan fingerprint density at radius 3 is 2.70 bits per heavy atom. The van der Waals surface area contributed by atoms with Crippen LogP contribution in [0, 0.1) is 12.7 Å². The molecule has 1 aliphatic rings. The highest BCUT2D eigenvalue weighted by Crippen LogP contribution is 2.30. The van der Waals surface area contributed by atoms with Gasteiger partial charge in [0, 0.05) is 24.3 Å². The van der Waals surface area contributed by atoms with Crippen LogP contribution in [0.5, 0.6) is 0 Å². The van der Waals surface area contributed by atoms with Crippen LogP contribution in [0.15, 0.2) is 30.6 Å². The number of hydrogen-bond donors (Lipinski definition) is 1. The molecule has 0 atom stereocenters. The molecule has 23 heavy (non-hydrogen) atoms. The molecule has 5 heteroatoms. The van der Waals surface area contributed by atoms with Gasteiger partial charge in [0.2, 0.25) is 0 Å². The number of aromatic nitrogens is 3. The maximum absolute atomic E-state index is 13.8. The molecule has 3 heterocycles. The molecule has 0 unspecified atom stereocenters. The SMILES string of the molecule is Cc1ccc(-c2cc3c(N4CCCCC4)ncnc3[nH]2)cc1F. The fourth-order valence-electron chi connectivity index (χ4n) is 3.20. The third kappa shape index (κ3) is 2.56. The Morgan fingerprint density at radius 2 is 1.91 bits per heavy atom. The Morgan fingerprint density at radius 1 is 1.09 bits per heavy atom. The van der Waals surface area contributed by atoms with Crippen LogP contribution in [-0.4, -0.2) is 28.0 Å². The van der Waals surface area contributed by atoms with Gasteiger partial charge in [-0.3, -0.25) is 0 Å². The van der Waals surface area contributed by atoms with E-state index in [2.05, 4.69) is 19.9 Å². The van der Waals surface area contributed by atoms with Gasteiger partial charge in [0.1, 0.15) is 23.6 Å². The normalized spacial score (nSPS) is 15.3. The first-order valence-electron chi connectivity index (χ1n) is 8.07. The smallest absolute Gasteiger partial charge is 0.143 e. The summed E-state index contributed by atoms with van der Waals surface area (Å²) in [6.07, 6.45) is 5.28. The van der Waals surface area contributed by atoms with Crippen molar-refractivity contribution in [2.45, 2.75) is 26.2 Å². The third-order valence-electron chi connectivity index (χ3n) is 4.54. The topological polar surface area (TPSA) is 44.8 Å². The molecule has 0 radical (unpaired) electrons. The molecule has 1 fully saturated rings. The van der Waals surface area contributed by atoms with Crippen molar-refractivity contribution in [3.8, 4) is 11.3 Å². The number of nitrogens with one attached hydrogen (secondary N) is 1. The highest BCUT2D eigenvalue weighted by molar-refractivity contribution is 5.91. The Kier molecular flexibility index (Phi) is 3.48. The van der Waals surface area contributed by atoms with Crippen LogP contribution >= 0.6 is 0 Å². The lowest BCUT2D eigenvalue weighted by molar-refractivity contribution is 0.574. The van der Waals surface area contributed by atoms with Gasteiger partial charge in [-0.05, 0) is 43.9 Å². The standard InChI is InChI=1S/C18H19FN4/c1-12-5-6-13(9-15(12)19)16-10-14-17(22-16)20-11-21-18(14)23-7-3-2-4-8-23/h5-6,9-11H,2-4,7-8H2,1H3,(H,20,21,22). The average molecular weight is 310 g/mol. The molecule has 1 saturated heterocycles. The molecule has 1 N–H and O–H groups in total. The van der Waals surface area contributed by atoms with Gasteiger partial charge in [0.25, 0.3) is 0 Å². The fraction of sp³-hybridized carbons (Fsp3) is 0.333. The molecule has 4 rings (SSSR count). The Labute approximate surface area is 134 Å². The Balaban J connectivity index is 1.79. The summed E-state index contributed by atoms with van der Waals surface area (Å²) < 4.78 is 13.8. The van der Waals surface area contributed by atoms with Crippen LogP contribution in [0.3, 0.4) is 0 Å². The van der Waals surface area contributed by atoms with Gasteiger partial charge in [-0.2, -0.15) is 0 Å². The minimum Gasteiger partial charge on any atom is -0.356 e. The van der Waals surface area contributed by atoms with E-state index in [-0.39, 0.29) is 5.82 Å². The monoisotopic (exact) mass is 310 g/mol. The first kappa shape index (κ1) is 14.2. The van der Waals surface area contributed by atoms with Gasteiger partial charge in [-0.15, -0.1) is 0 Å². The van der Waals surface area contributed by atoms with Crippen molar-refractivity contribution < 1.29 is 4.39 Å². The summed E-state index contributed by atoms with van der Waals surface area (Å²) in [6.45, 7) is 3.84. The number of piperidine rings is 1. The van der Waals surface area contributed by atoms with Crippen LogP contribution in [0.4, 0.5) is 10.2 Å². The fourth-order valence-corrected chi connectivity index (χ4v) is 3.20. The Bertz CT molecular complexity index is 849. The third-order valence-corrected chi connectivity index (χ3v) is 4.54. The van der Waals surface area contributed by atoms with Crippen molar-refractivity contribution in [1.29, 1.82) is 0 Å². The van der Waals surface area contributed by atoms with Gasteiger partial charge in [0.05, 0.1) is 5.39 Å². The number of halogens is 1. The second kappa shape index (κ2) is 5.65. The van der Waals surface area contributed by atoms with Crippen LogP contribution in [0.2, 0.25) is 0 Å². The summed E-state index contributed by atoms with van der Waals surface area (Å²) in [5.74, 6) is 0.785. The molecule has 0 bridgehead atoms. The van der Waals surface area contributed by atoms with Crippen molar-refractivity contribution in [3.05, 3.63) is 42.0 Å². The predicted molar refractivity (Wildman–Crippen MR) is 90.1 cm³/mol. The second-order valence-electron chi connectivity index (χ2n) is 6.15. The first-order valence-corrected chi connectivity index (χ1v) is 8.07.